The number of anilines is 1. The van der Waals surface area contributed by atoms with E-state index in [4.69, 9.17) is 9.47 Å². The van der Waals surface area contributed by atoms with Crippen LogP contribution in [0.15, 0.2) is 42.5 Å². The quantitative estimate of drug-likeness (QED) is 0.834. The number of fused-ring (bicyclic) bond motifs is 1. The van der Waals surface area contributed by atoms with Crippen LogP contribution >= 0.6 is 0 Å². The molecule has 0 fully saturated rings. The van der Waals surface area contributed by atoms with Crippen LogP contribution in [0.4, 0.5) is 14.5 Å². The Labute approximate surface area is 150 Å². The van der Waals surface area contributed by atoms with Gasteiger partial charge >= 0.3 is 6.61 Å². The molecule has 1 N–H and O–H groups in total. The number of hydrogen-bond acceptors (Lipinski definition) is 4. The summed E-state index contributed by atoms with van der Waals surface area (Å²) in [7, 11) is 1.38. The number of nitrogens with zero attached hydrogens (tertiary/aromatic N) is 1. The third-order valence-corrected chi connectivity index (χ3v) is 4.22. The zero-order chi connectivity index (χ0) is 18.7. The first-order valence-corrected chi connectivity index (χ1v) is 8.35. The summed E-state index contributed by atoms with van der Waals surface area (Å²) in [5, 5.41) is 3.27. The maximum Gasteiger partial charge on any atom is 0.387 e. The first kappa shape index (κ1) is 18.0. The van der Waals surface area contributed by atoms with Crippen LogP contribution in [0.3, 0.4) is 0 Å². The first-order chi connectivity index (χ1) is 12.6. The minimum Gasteiger partial charge on any atom is -0.493 e. The molecule has 0 bridgehead atoms. The monoisotopic (exact) mass is 362 g/mol. The van der Waals surface area contributed by atoms with E-state index in [1.54, 1.807) is 41.3 Å². The van der Waals surface area contributed by atoms with E-state index in [-0.39, 0.29) is 17.4 Å². The fourth-order valence-electron chi connectivity index (χ4n) is 3.13. The van der Waals surface area contributed by atoms with Gasteiger partial charge < -0.3 is 19.7 Å². The van der Waals surface area contributed by atoms with Gasteiger partial charge in [-0.15, -0.1) is 0 Å². The van der Waals surface area contributed by atoms with Crippen molar-refractivity contribution in [3.8, 4) is 11.5 Å². The molecule has 1 atom stereocenters. The van der Waals surface area contributed by atoms with E-state index >= 15 is 0 Å². The van der Waals surface area contributed by atoms with Gasteiger partial charge in [-0.1, -0.05) is 31.2 Å². The van der Waals surface area contributed by atoms with Gasteiger partial charge in [-0.2, -0.15) is 8.78 Å². The second-order valence-corrected chi connectivity index (χ2v) is 5.85. The summed E-state index contributed by atoms with van der Waals surface area (Å²) in [6, 6.07) is 12.0. The Morgan fingerprint density at radius 2 is 1.96 bits per heavy atom. The second kappa shape index (κ2) is 7.59. The molecule has 0 saturated carbocycles. The topological polar surface area (TPSA) is 50.8 Å². The van der Waals surface area contributed by atoms with Crippen molar-refractivity contribution < 1.29 is 23.0 Å². The third kappa shape index (κ3) is 3.29. The summed E-state index contributed by atoms with van der Waals surface area (Å²) < 4.78 is 35.8. The van der Waals surface area contributed by atoms with Crippen molar-refractivity contribution in [3.63, 3.8) is 0 Å². The Kier molecular flexibility index (Phi) is 5.25. The predicted octanol–water partition coefficient (Wildman–Crippen LogP) is 4.27. The van der Waals surface area contributed by atoms with Gasteiger partial charge in [0.1, 0.15) is 6.17 Å². The number of alkyl halides is 2. The highest BCUT2D eigenvalue weighted by atomic mass is 19.3. The Morgan fingerprint density at radius 3 is 2.65 bits per heavy atom. The minimum atomic E-state index is -3.00. The summed E-state index contributed by atoms with van der Waals surface area (Å²) >= 11 is 0. The predicted molar refractivity (Wildman–Crippen MR) is 93.8 cm³/mol. The van der Waals surface area contributed by atoms with Crippen molar-refractivity contribution in [2.45, 2.75) is 26.1 Å². The van der Waals surface area contributed by atoms with Crippen molar-refractivity contribution in [1.29, 1.82) is 0 Å². The lowest BCUT2D eigenvalue weighted by Gasteiger charge is -2.38. The molecule has 2 aromatic carbocycles. The first-order valence-electron chi connectivity index (χ1n) is 8.35. The van der Waals surface area contributed by atoms with Crippen molar-refractivity contribution in [2.75, 3.05) is 19.0 Å². The zero-order valence-corrected chi connectivity index (χ0v) is 14.5. The average molecular weight is 362 g/mol. The number of para-hydroxylation sites is 2. The highest BCUT2D eigenvalue weighted by molar-refractivity contribution is 6.01. The lowest BCUT2D eigenvalue weighted by molar-refractivity contribution is -0.0523. The molecule has 0 aliphatic carbocycles. The molecule has 3 rings (SSSR count). The number of ether oxygens (including phenoxy) is 2. The van der Waals surface area contributed by atoms with Gasteiger partial charge in [0.25, 0.3) is 5.91 Å². The number of hydrogen-bond donors (Lipinski definition) is 1. The molecule has 1 amide bonds. The number of carbonyl (C=O) groups excluding carboxylic acids is 1. The lowest BCUT2D eigenvalue weighted by atomic mass is 10.0. The van der Waals surface area contributed by atoms with E-state index < -0.39 is 12.8 Å². The molecule has 2 aromatic rings. The SMILES string of the molecule is CCCN1C(=O)c2ccccc2N[C@@H]1c1cccc(OC)c1OC(F)F. The van der Waals surface area contributed by atoms with Crippen molar-refractivity contribution in [1.82, 2.24) is 4.90 Å². The maximum absolute atomic E-state index is 13.0. The molecule has 138 valence electrons. The van der Waals surface area contributed by atoms with Gasteiger partial charge in [-0.05, 0) is 24.6 Å². The fraction of sp³-hybridized carbons (Fsp3) is 0.316. The number of benzene rings is 2. The van der Waals surface area contributed by atoms with Crippen LogP contribution in [0.1, 0.15) is 35.4 Å². The van der Waals surface area contributed by atoms with E-state index in [1.165, 1.54) is 7.11 Å². The summed E-state index contributed by atoms with van der Waals surface area (Å²) in [5.41, 5.74) is 1.62. The summed E-state index contributed by atoms with van der Waals surface area (Å²) in [5.74, 6) is -0.0415. The van der Waals surface area contributed by atoms with E-state index in [0.29, 0.717) is 23.4 Å². The molecule has 1 aliphatic heterocycles. The molecule has 7 heteroatoms. The normalized spacial score (nSPS) is 16.3. The van der Waals surface area contributed by atoms with Crippen LogP contribution in [-0.2, 0) is 0 Å². The van der Waals surface area contributed by atoms with Crippen molar-refractivity contribution in [2.24, 2.45) is 0 Å². The highest BCUT2D eigenvalue weighted by Gasteiger charge is 2.35. The van der Waals surface area contributed by atoms with E-state index in [0.717, 1.165) is 6.42 Å². The molecule has 26 heavy (non-hydrogen) atoms. The smallest absolute Gasteiger partial charge is 0.387 e. The molecule has 0 unspecified atom stereocenters. The molecular formula is C19H20F2N2O3. The van der Waals surface area contributed by atoms with Crippen LogP contribution < -0.4 is 14.8 Å². The molecule has 0 spiro atoms. The number of carbonyl (C=O) groups is 1. The van der Waals surface area contributed by atoms with E-state index in [9.17, 15) is 13.6 Å². The maximum atomic E-state index is 13.0. The summed E-state index contributed by atoms with van der Waals surface area (Å²) in [4.78, 5) is 14.6. The summed E-state index contributed by atoms with van der Waals surface area (Å²) in [6.45, 7) is -0.584. The largest absolute Gasteiger partial charge is 0.493 e. The Bertz CT molecular complexity index is 798. The molecule has 1 heterocycles. The number of rotatable bonds is 6. The van der Waals surface area contributed by atoms with Crippen LogP contribution in [0, 0.1) is 0 Å². The number of amides is 1. The van der Waals surface area contributed by atoms with Gasteiger partial charge in [-0.25, -0.2) is 0 Å². The van der Waals surface area contributed by atoms with Gasteiger partial charge in [0.15, 0.2) is 11.5 Å². The molecule has 1 aliphatic rings. The van der Waals surface area contributed by atoms with E-state index in [1.807, 2.05) is 13.0 Å². The van der Waals surface area contributed by atoms with Crippen LogP contribution in [0.5, 0.6) is 11.5 Å². The number of methoxy groups -OCH3 is 1. The molecule has 0 radical (unpaired) electrons. The van der Waals surface area contributed by atoms with Gasteiger partial charge in [0, 0.05) is 17.8 Å². The molecule has 0 saturated heterocycles. The molecular weight excluding hydrogens is 342 g/mol. The van der Waals surface area contributed by atoms with Crippen LogP contribution in [-0.4, -0.2) is 31.1 Å². The lowest BCUT2D eigenvalue weighted by Crippen LogP contribution is -2.43. The minimum absolute atomic E-state index is 0.0733. The highest BCUT2D eigenvalue weighted by Crippen LogP contribution is 2.41. The number of halogens is 2. The average Bonchev–Trinajstić information content (AvgIpc) is 2.64. The van der Waals surface area contributed by atoms with Gasteiger partial charge in [0.2, 0.25) is 0 Å². The summed E-state index contributed by atoms with van der Waals surface area (Å²) in [6.07, 6.45) is 0.0855. The molecule has 0 aromatic heterocycles. The van der Waals surface area contributed by atoms with E-state index in [2.05, 4.69) is 5.32 Å². The van der Waals surface area contributed by atoms with Gasteiger partial charge in [-0.3, -0.25) is 4.79 Å². The van der Waals surface area contributed by atoms with Gasteiger partial charge in [0.05, 0.1) is 12.7 Å². The van der Waals surface area contributed by atoms with Crippen LogP contribution in [0.2, 0.25) is 0 Å². The third-order valence-electron chi connectivity index (χ3n) is 4.22. The molecule has 5 nitrogen and oxygen atoms in total. The second-order valence-electron chi connectivity index (χ2n) is 5.85. The number of nitrogens with one attached hydrogen (secondary N) is 1. The van der Waals surface area contributed by atoms with Crippen molar-refractivity contribution >= 4 is 11.6 Å². The Morgan fingerprint density at radius 1 is 1.19 bits per heavy atom. The Hall–Kier alpha value is -2.83. The fourth-order valence-corrected chi connectivity index (χ4v) is 3.13. The Balaban J connectivity index is 2.11. The standard InChI is InChI=1S/C19H20F2N2O3/c1-3-11-23-17(22-14-9-5-4-7-12(14)18(23)24)13-8-6-10-15(25-2)16(13)26-19(20)21/h4-10,17,19,22H,3,11H2,1-2H3/t17-/m0/s1. The van der Waals surface area contributed by atoms with Crippen molar-refractivity contribution in [3.05, 3.63) is 53.6 Å². The van der Waals surface area contributed by atoms with Crippen LogP contribution in [0.25, 0.3) is 0 Å². The zero-order valence-electron chi connectivity index (χ0n) is 14.5.